The van der Waals surface area contributed by atoms with Crippen LogP contribution in [-0.2, 0) is 9.53 Å². The number of piperidine rings is 1. The van der Waals surface area contributed by atoms with Gasteiger partial charge in [0.05, 0.1) is 13.2 Å². The summed E-state index contributed by atoms with van der Waals surface area (Å²) in [6, 6.07) is 0. The lowest BCUT2D eigenvalue weighted by atomic mass is 9.97. The van der Waals surface area contributed by atoms with Crippen LogP contribution in [0.3, 0.4) is 0 Å². The first-order valence-corrected chi connectivity index (χ1v) is 9.18. The molecule has 1 aromatic heterocycles. The molecule has 24 heavy (non-hydrogen) atoms. The van der Waals surface area contributed by atoms with Crippen LogP contribution in [0, 0.1) is 5.92 Å². The van der Waals surface area contributed by atoms with Gasteiger partial charge >= 0.3 is 0 Å². The molecule has 0 spiro atoms. The predicted octanol–water partition coefficient (Wildman–Crippen LogP) is 1.28. The monoisotopic (exact) mass is 334 g/mol. The highest BCUT2D eigenvalue weighted by Gasteiger charge is 2.32. The molecule has 2 saturated heterocycles. The predicted molar refractivity (Wildman–Crippen MR) is 86.6 cm³/mol. The molecule has 2 atom stereocenters. The number of nitrogens with zero attached hydrogens (tertiary/aromatic N) is 3. The van der Waals surface area contributed by atoms with Crippen molar-refractivity contribution >= 4 is 5.91 Å². The van der Waals surface area contributed by atoms with E-state index in [0.29, 0.717) is 18.4 Å². The fourth-order valence-corrected chi connectivity index (χ4v) is 3.58. The van der Waals surface area contributed by atoms with Gasteiger partial charge in [-0.25, -0.2) is 0 Å². The molecule has 0 radical (unpaired) electrons. The van der Waals surface area contributed by atoms with Gasteiger partial charge in [0, 0.05) is 37.5 Å². The smallest absolute Gasteiger partial charge is 0.234 e. The van der Waals surface area contributed by atoms with E-state index in [9.17, 15) is 4.79 Å². The highest BCUT2D eigenvalue weighted by Crippen LogP contribution is 2.39. The summed E-state index contributed by atoms with van der Waals surface area (Å²) in [4.78, 5) is 19.0. The lowest BCUT2D eigenvalue weighted by Gasteiger charge is -2.30. The Hall–Kier alpha value is -1.47. The summed E-state index contributed by atoms with van der Waals surface area (Å²) in [7, 11) is 0. The molecule has 7 heteroatoms. The van der Waals surface area contributed by atoms with Crippen molar-refractivity contribution in [3.63, 3.8) is 0 Å². The normalized spacial score (nSPS) is 28.2. The van der Waals surface area contributed by atoms with Gasteiger partial charge in [0.15, 0.2) is 5.82 Å². The van der Waals surface area contributed by atoms with Crippen molar-refractivity contribution in [2.75, 3.05) is 39.4 Å². The maximum atomic E-state index is 12.2. The van der Waals surface area contributed by atoms with Crippen molar-refractivity contribution in [1.29, 1.82) is 0 Å². The number of nitrogens with one attached hydrogen (secondary N) is 1. The van der Waals surface area contributed by atoms with Crippen LogP contribution < -0.4 is 5.32 Å². The summed E-state index contributed by atoms with van der Waals surface area (Å²) in [5.74, 6) is 2.99. The van der Waals surface area contributed by atoms with E-state index < -0.39 is 0 Å². The van der Waals surface area contributed by atoms with Gasteiger partial charge in [-0.1, -0.05) is 5.16 Å². The van der Waals surface area contributed by atoms with Crippen molar-refractivity contribution in [2.45, 2.75) is 43.9 Å². The van der Waals surface area contributed by atoms with Crippen LogP contribution in [0.25, 0.3) is 0 Å². The Bertz CT molecular complexity index is 566. The minimum atomic E-state index is 0.106. The van der Waals surface area contributed by atoms with Crippen LogP contribution in [0.15, 0.2) is 4.52 Å². The molecule has 0 bridgehead atoms. The summed E-state index contributed by atoms with van der Waals surface area (Å²) < 4.78 is 10.7. The summed E-state index contributed by atoms with van der Waals surface area (Å²) in [5, 5.41) is 7.22. The summed E-state index contributed by atoms with van der Waals surface area (Å²) in [6.45, 7) is 4.58. The Morgan fingerprint density at radius 3 is 2.96 bits per heavy atom. The molecule has 3 heterocycles. The number of hydrogen-bond acceptors (Lipinski definition) is 6. The van der Waals surface area contributed by atoms with Gasteiger partial charge in [-0.2, -0.15) is 4.98 Å². The fourth-order valence-electron chi connectivity index (χ4n) is 3.58. The first-order valence-electron chi connectivity index (χ1n) is 9.18. The van der Waals surface area contributed by atoms with E-state index in [4.69, 9.17) is 9.26 Å². The average molecular weight is 334 g/mol. The molecule has 1 saturated carbocycles. The SMILES string of the molecule is O=C(CN1CCC[C@@H](c2noc(C3CC3)n2)C1)NC[C@@H]1CCOC1. The minimum absolute atomic E-state index is 0.106. The molecule has 1 aromatic rings. The third-order valence-corrected chi connectivity index (χ3v) is 5.23. The third kappa shape index (κ3) is 3.95. The fraction of sp³-hybridized carbons (Fsp3) is 0.824. The maximum Gasteiger partial charge on any atom is 0.234 e. The summed E-state index contributed by atoms with van der Waals surface area (Å²) in [5.41, 5.74) is 0. The maximum absolute atomic E-state index is 12.2. The number of carbonyl (C=O) groups excluding carboxylic acids is 1. The van der Waals surface area contributed by atoms with E-state index in [1.807, 2.05) is 0 Å². The van der Waals surface area contributed by atoms with E-state index in [0.717, 1.165) is 63.8 Å². The Balaban J connectivity index is 1.25. The molecule has 4 rings (SSSR count). The van der Waals surface area contributed by atoms with Crippen molar-refractivity contribution in [1.82, 2.24) is 20.4 Å². The lowest BCUT2D eigenvalue weighted by Crippen LogP contribution is -2.43. The summed E-state index contributed by atoms with van der Waals surface area (Å²) in [6.07, 6.45) is 5.53. The minimum Gasteiger partial charge on any atom is -0.381 e. The molecule has 1 amide bonds. The van der Waals surface area contributed by atoms with E-state index in [1.165, 1.54) is 12.8 Å². The zero-order valence-electron chi connectivity index (χ0n) is 14.1. The molecule has 132 valence electrons. The molecule has 1 aliphatic carbocycles. The lowest BCUT2D eigenvalue weighted by molar-refractivity contribution is -0.122. The highest BCUT2D eigenvalue weighted by atomic mass is 16.5. The van der Waals surface area contributed by atoms with E-state index in [2.05, 4.69) is 20.4 Å². The molecular weight excluding hydrogens is 308 g/mol. The van der Waals surface area contributed by atoms with E-state index in [-0.39, 0.29) is 11.8 Å². The number of rotatable bonds is 6. The standard InChI is InChI=1S/C17H26N4O3/c22-15(18-8-12-5-7-23-11-12)10-21-6-1-2-14(9-21)16-19-17(24-20-16)13-3-4-13/h12-14H,1-11H2,(H,18,22)/t12-,14+/m0/s1. The molecule has 0 aromatic carbocycles. The van der Waals surface area contributed by atoms with Gasteiger partial charge < -0.3 is 14.6 Å². The number of hydrogen-bond donors (Lipinski definition) is 1. The molecule has 0 unspecified atom stereocenters. The van der Waals surface area contributed by atoms with Crippen molar-refractivity contribution < 1.29 is 14.1 Å². The quantitative estimate of drug-likeness (QED) is 0.844. The molecule has 2 aliphatic heterocycles. The molecular formula is C17H26N4O3. The first-order chi connectivity index (χ1) is 11.8. The van der Waals surface area contributed by atoms with Gasteiger partial charge in [0.25, 0.3) is 0 Å². The Labute approximate surface area is 142 Å². The highest BCUT2D eigenvalue weighted by molar-refractivity contribution is 5.78. The van der Waals surface area contributed by atoms with Gasteiger partial charge in [0.1, 0.15) is 0 Å². The second-order valence-corrected chi connectivity index (χ2v) is 7.37. The Morgan fingerprint density at radius 2 is 2.17 bits per heavy atom. The van der Waals surface area contributed by atoms with Gasteiger partial charge in [0.2, 0.25) is 11.8 Å². The van der Waals surface area contributed by atoms with Crippen molar-refractivity contribution in [3.05, 3.63) is 11.7 Å². The number of carbonyl (C=O) groups is 1. The number of ether oxygens (including phenoxy) is 1. The van der Waals surface area contributed by atoms with Crippen LogP contribution in [0.2, 0.25) is 0 Å². The van der Waals surface area contributed by atoms with Gasteiger partial charge in [-0.05, 0) is 38.6 Å². The number of likely N-dealkylation sites (tertiary alicyclic amines) is 1. The summed E-state index contributed by atoms with van der Waals surface area (Å²) >= 11 is 0. The second kappa shape index (κ2) is 7.19. The molecule has 7 nitrogen and oxygen atoms in total. The van der Waals surface area contributed by atoms with Crippen molar-refractivity contribution in [2.24, 2.45) is 5.92 Å². The third-order valence-electron chi connectivity index (χ3n) is 5.23. The zero-order chi connectivity index (χ0) is 16.4. The average Bonchev–Trinajstić information content (AvgIpc) is 3.12. The molecule has 3 aliphatic rings. The van der Waals surface area contributed by atoms with Crippen LogP contribution in [-0.4, -0.2) is 60.3 Å². The topological polar surface area (TPSA) is 80.5 Å². The molecule has 3 fully saturated rings. The van der Waals surface area contributed by atoms with Crippen molar-refractivity contribution in [3.8, 4) is 0 Å². The van der Waals surface area contributed by atoms with E-state index >= 15 is 0 Å². The second-order valence-electron chi connectivity index (χ2n) is 7.37. The van der Waals surface area contributed by atoms with Crippen LogP contribution in [0.1, 0.15) is 55.7 Å². The van der Waals surface area contributed by atoms with Crippen LogP contribution >= 0.6 is 0 Å². The zero-order valence-corrected chi connectivity index (χ0v) is 14.1. The Kier molecular flexibility index (Phi) is 4.80. The largest absolute Gasteiger partial charge is 0.381 e. The Morgan fingerprint density at radius 1 is 1.25 bits per heavy atom. The first kappa shape index (κ1) is 16.0. The van der Waals surface area contributed by atoms with Crippen LogP contribution in [0.5, 0.6) is 0 Å². The van der Waals surface area contributed by atoms with Gasteiger partial charge in [-0.3, -0.25) is 9.69 Å². The van der Waals surface area contributed by atoms with E-state index in [1.54, 1.807) is 0 Å². The van der Waals surface area contributed by atoms with Gasteiger partial charge in [-0.15, -0.1) is 0 Å². The number of amides is 1. The molecule has 1 N–H and O–H groups in total. The van der Waals surface area contributed by atoms with Crippen LogP contribution in [0.4, 0.5) is 0 Å². The number of aromatic nitrogens is 2.